The summed E-state index contributed by atoms with van der Waals surface area (Å²) in [7, 11) is 6.64. The maximum atomic E-state index is 14.1. The number of carbonyl (C=O) groups is 4. The van der Waals surface area contributed by atoms with Crippen LogP contribution in [0, 0.1) is 11.8 Å². The Balaban J connectivity index is 1.80. The van der Waals surface area contributed by atoms with Crippen LogP contribution in [0.5, 0.6) is 5.75 Å². The number of benzene rings is 1. The minimum Gasteiger partial charge on any atom is -0.510 e. The molecule has 234 valence electrons. The molecule has 0 aliphatic heterocycles. The Hall–Kier alpha value is -3.94. The molecule has 13 nitrogen and oxygen atoms in total. The van der Waals surface area contributed by atoms with Crippen LogP contribution in [0.2, 0.25) is 0 Å². The number of amides is 2. The number of ketones is 2. The third-order valence-electron chi connectivity index (χ3n) is 8.70. The average Bonchev–Trinajstić information content (AvgIpc) is 2.91. The number of hydrogen-bond donors (Lipinski definition) is 7. The Bertz CT molecular complexity index is 1430. The molecule has 0 radical (unpaired) electrons. The van der Waals surface area contributed by atoms with Gasteiger partial charge in [-0.25, -0.2) is 0 Å². The Morgan fingerprint density at radius 3 is 2.37 bits per heavy atom. The fraction of sp³-hybridized carbons (Fsp3) is 0.533. The number of likely N-dealkylation sites (N-methyl/N-ethyl adjacent to an activating group) is 1. The number of nitrogens with one attached hydrogen (secondary N) is 2. The Kier molecular flexibility index (Phi) is 8.91. The van der Waals surface area contributed by atoms with Crippen LogP contribution in [-0.2, 0) is 20.8 Å². The maximum Gasteiger partial charge on any atom is 0.255 e. The molecule has 3 aliphatic rings. The third-order valence-corrected chi connectivity index (χ3v) is 8.70. The lowest BCUT2D eigenvalue weighted by Gasteiger charge is -2.50. The predicted octanol–water partition coefficient (Wildman–Crippen LogP) is 0.905. The minimum absolute atomic E-state index is 0.00705. The number of allylic oxidation sites excluding steroid dienone is 1. The summed E-state index contributed by atoms with van der Waals surface area (Å²) in [5.74, 6) is -7.71. The fourth-order valence-corrected chi connectivity index (χ4v) is 6.69. The summed E-state index contributed by atoms with van der Waals surface area (Å²) in [4.78, 5) is 55.6. The van der Waals surface area contributed by atoms with Gasteiger partial charge in [-0.1, -0.05) is 19.8 Å². The fourth-order valence-electron chi connectivity index (χ4n) is 6.69. The van der Waals surface area contributed by atoms with Crippen molar-refractivity contribution in [2.45, 2.75) is 50.7 Å². The quantitative estimate of drug-likeness (QED) is 0.114. The Morgan fingerprint density at radius 2 is 1.79 bits per heavy atom. The predicted molar refractivity (Wildman–Crippen MR) is 159 cm³/mol. The highest BCUT2D eigenvalue weighted by atomic mass is 16.3. The number of nitrogens with zero attached hydrogens (tertiary/aromatic N) is 2. The van der Waals surface area contributed by atoms with E-state index in [1.165, 1.54) is 4.90 Å². The highest BCUT2D eigenvalue weighted by Gasteiger charge is 2.63. The molecule has 4 atom stereocenters. The second kappa shape index (κ2) is 12.0. The molecule has 2 amide bonds. The highest BCUT2D eigenvalue weighted by molar-refractivity contribution is 6.25. The Labute approximate surface area is 250 Å². The van der Waals surface area contributed by atoms with Gasteiger partial charge in [0.25, 0.3) is 5.91 Å². The molecule has 1 aromatic rings. The largest absolute Gasteiger partial charge is 0.510 e. The number of carbonyl (C=O) groups excluding carboxylic acids is 4. The van der Waals surface area contributed by atoms with Gasteiger partial charge in [0, 0.05) is 31.3 Å². The van der Waals surface area contributed by atoms with Crippen molar-refractivity contribution >= 4 is 34.8 Å². The SMILES string of the molecule is CCCCCNCC(=O)Nc1cc(N(C)C)c2c(c1O)C(=O)C1=C(O)[C@]3(O)C(=O)C(C(N)=O)=C(O)[C@@H](N(C)C)C3CC1C2. The second-order valence-electron chi connectivity index (χ2n) is 11.9. The summed E-state index contributed by atoms with van der Waals surface area (Å²) in [5.41, 5.74) is 2.38. The zero-order valence-electron chi connectivity index (χ0n) is 25.2. The third kappa shape index (κ3) is 5.25. The topological polar surface area (TPSA) is 206 Å². The van der Waals surface area contributed by atoms with E-state index >= 15 is 0 Å². The molecular weight excluding hydrogens is 558 g/mol. The van der Waals surface area contributed by atoms with Crippen molar-refractivity contribution in [2.75, 3.05) is 51.5 Å². The van der Waals surface area contributed by atoms with E-state index in [-0.39, 0.29) is 36.2 Å². The molecule has 8 N–H and O–H groups in total. The van der Waals surface area contributed by atoms with E-state index in [1.807, 2.05) is 0 Å². The van der Waals surface area contributed by atoms with Crippen molar-refractivity contribution in [3.05, 3.63) is 39.9 Å². The number of phenolic OH excluding ortho intramolecular Hbond substituents is 1. The molecule has 0 spiro atoms. The normalized spacial score (nSPS) is 25.0. The highest BCUT2D eigenvalue weighted by Crippen LogP contribution is 2.53. The van der Waals surface area contributed by atoms with Gasteiger partial charge in [0.15, 0.2) is 17.1 Å². The number of aromatic hydroxyl groups is 1. The molecule has 0 heterocycles. The summed E-state index contributed by atoms with van der Waals surface area (Å²) in [6.45, 7) is 2.72. The van der Waals surface area contributed by atoms with Gasteiger partial charge in [0.1, 0.15) is 17.1 Å². The zero-order chi connectivity index (χ0) is 32.0. The van der Waals surface area contributed by atoms with Crippen molar-refractivity contribution < 1.29 is 39.6 Å². The number of phenols is 1. The van der Waals surface area contributed by atoms with E-state index in [0.29, 0.717) is 17.8 Å². The van der Waals surface area contributed by atoms with Gasteiger partial charge in [0.2, 0.25) is 11.7 Å². The van der Waals surface area contributed by atoms with Gasteiger partial charge < -0.3 is 41.7 Å². The lowest BCUT2D eigenvalue weighted by molar-refractivity contribution is -0.148. The van der Waals surface area contributed by atoms with Gasteiger partial charge in [-0.3, -0.25) is 24.1 Å². The molecule has 0 aromatic heterocycles. The van der Waals surface area contributed by atoms with Gasteiger partial charge >= 0.3 is 0 Å². The Morgan fingerprint density at radius 1 is 1.12 bits per heavy atom. The summed E-state index contributed by atoms with van der Waals surface area (Å²) in [5, 5.41) is 51.1. The van der Waals surface area contributed by atoms with Crippen molar-refractivity contribution in [2.24, 2.45) is 17.6 Å². The summed E-state index contributed by atoms with van der Waals surface area (Å²) < 4.78 is 0. The van der Waals surface area contributed by atoms with Gasteiger partial charge in [-0.2, -0.15) is 0 Å². The number of fused-ring (bicyclic) bond motifs is 3. The molecule has 0 bridgehead atoms. The first-order valence-electron chi connectivity index (χ1n) is 14.4. The van der Waals surface area contributed by atoms with Crippen molar-refractivity contribution in [3.63, 3.8) is 0 Å². The molecule has 13 heteroatoms. The molecule has 0 fully saturated rings. The van der Waals surface area contributed by atoms with E-state index in [1.54, 1.807) is 39.2 Å². The first-order valence-corrected chi connectivity index (χ1v) is 14.4. The van der Waals surface area contributed by atoms with E-state index in [9.17, 15) is 39.6 Å². The first-order chi connectivity index (χ1) is 20.2. The van der Waals surface area contributed by atoms with Crippen LogP contribution < -0.4 is 21.3 Å². The van der Waals surface area contributed by atoms with Crippen LogP contribution in [0.3, 0.4) is 0 Å². The summed E-state index contributed by atoms with van der Waals surface area (Å²) in [6, 6.07) is 0.505. The summed E-state index contributed by atoms with van der Waals surface area (Å²) >= 11 is 0. The number of aliphatic hydroxyl groups is 3. The number of Topliss-reactive ketones (excluding diaryl/α,β-unsaturated/α-hetero) is 2. The maximum absolute atomic E-state index is 14.1. The lowest BCUT2D eigenvalue weighted by atomic mass is 9.58. The molecule has 0 saturated carbocycles. The van der Waals surface area contributed by atoms with Crippen molar-refractivity contribution in [3.8, 4) is 5.75 Å². The molecule has 43 heavy (non-hydrogen) atoms. The zero-order valence-corrected chi connectivity index (χ0v) is 25.2. The van der Waals surface area contributed by atoms with Crippen LogP contribution in [0.1, 0.15) is 48.5 Å². The molecular formula is C30H41N5O8. The van der Waals surface area contributed by atoms with E-state index in [2.05, 4.69) is 17.6 Å². The number of aliphatic hydroxyl groups excluding tert-OH is 2. The van der Waals surface area contributed by atoms with Crippen molar-refractivity contribution in [1.82, 2.24) is 10.2 Å². The van der Waals surface area contributed by atoms with Gasteiger partial charge in [-0.05, 0) is 57.5 Å². The van der Waals surface area contributed by atoms with Gasteiger partial charge in [-0.15, -0.1) is 0 Å². The van der Waals surface area contributed by atoms with E-state index in [4.69, 9.17) is 5.73 Å². The number of rotatable bonds is 10. The van der Waals surface area contributed by atoms with Crippen LogP contribution in [0.4, 0.5) is 11.4 Å². The van der Waals surface area contributed by atoms with Crippen LogP contribution in [0.15, 0.2) is 28.7 Å². The van der Waals surface area contributed by atoms with Crippen LogP contribution >= 0.6 is 0 Å². The smallest absolute Gasteiger partial charge is 0.255 e. The number of hydrogen-bond acceptors (Lipinski definition) is 11. The van der Waals surface area contributed by atoms with Gasteiger partial charge in [0.05, 0.1) is 23.8 Å². The molecule has 2 unspecified atom stereocenters. The minimum atomic E-state index is -2.72. The molecule has 4 rings (SSSR count). The van der Waals surface area contributed by atoms with Crippen molar-refractivity contribution in [1.29, 1.82) is 0 Å². The van der Waals surface area contributed by atoms with Crippen LogP contribution in [-0.4, -0.2) is 102 Å². The molecule has 3 aliphatic carbocycles. The van der Waals surface area contributed by atoms with E-state index < -0.39 is 69.7 Å². The van der Waals surface area contributed by atoms with Crippen LogP contribution in [0.25, 0.3) is 0 Å². The lowest BCUT2D eigenvalue weighted by Crippen LogP contribution is -2.63. The molecule has 0 saturated heterocycles. The second-order valence-corrected chi connectivity index (χ2v) is 11.9. The first kappa shape index (κ1) is 32.0. The number of primary amides is 1. The monoisotopic (exact) mass is 599 g/mol. The number of nitrogens with two attached hydrogens (primary N) is 1. The average molecular weight is 600 g/mol. The standard InChI is InChI=1S/C30H41N5O8/c1-6-7-8-9-32-13-19(36)33-17-12-18(34(2)3)15-10-14-11-16-23(35(4)5)26(39)22(29(31)42)28(41)30(16,43)27(40)20(14)25(38)21(15)24(17)37/h12,14,16,23,32,37,39-40,43H,6-11,13H2,1-5H3,(H2,31,42)(H,33,36)/t14?,16?,23-,30-/m0/s1. The number of unbranched alkanes of at least 4 members (excludes halogenated alkanes) is 2. The van der Waals surface area contributed by atoms with E-state index in [0.717, 1.165) is 19.3 Å². The molecule has 1 aromatic carbocycles. The summed E-state index contributed by atoms with van der Waals surface area (Å²) in [6.07, 6.45) is 3.11. The number of anilines is 2.